The molecule has 0 radical (unpaired) electrons. The number of halogens is 2. The van der Waals surface area contributed by atoms with E-state index in [-0.39, 0.29) is 35.2 Å². The Balaban J connectivity index is 0.00000288. The van der Waals surface area contributed by atoms with Crippen LogP contribution in [0.2, 0.25) is 0 Å². The molecule has 0 unspecified atom stereocenters. The van der Waals surface area contributed by atoms with Crippen molar-refractivity contribution in [1.29, 1.82) is 0 Å². The van der Waals surface area contributed by atoms with Gasteiger partial charge in [0, 0.05) is 18.5 Å². The molecule has 0 fully saturated rings. The highest BCUT2D eigenvalue weighted by Gasteiger charge is 2.24. The molecular weight excluding hydrogens is 420 g/mol. The Morgan fingerprint density at radius 2 is 1.92 bits per heavy atom. The standard InChI is InChI=1S/C18H24FN3O.HI/c1-4-20-17(21-12-14-8-7-11-23-14)22-13-18(2,3)15-9-5-6-10-16(15)19;/h5-11H,4,12-13H2,1-3H3,(H2,20,21,22);1H. The van der Waals surface area contributed by atoms with E-state index in [2.05, 4.69) is 15.6 Å². The Morgan fingerprint density at radius 1 is 1.17 bits per heavy atom. The molecule has 0 aliphatic rings. The zero-order valence-electron chi connectivity index (χ0n) is 14.3. The van der Waals surface area contributed by atoms with Crippen LogP contribution in [0.4, 0.5) is 4.39 Å². The summed E-state index contributed by atoms with van der Waals surface area (Å²) < 4.78 is 19.3. The molecule has 4 nitrogen and oxygen atoms in total. The van der Waals surface area contributed by atoms with Crippen LogP contribution in [-0.4, -0.2) is 19.0 Å². The van der Waals surface area contributed by atoms with Gasteiger partial charge in [-0.05, 0) is 30.7 Å². The van der Waals surface area contributed by atoms with Gasteiger partial charge in [-0.25, -0.2) is 9.38 Å². The lowest BCUT2D eigenvalue weighted by molar-refractivity contribution is 0.472. The lowest BCUT2D eigenvalue weighted by Gasteiger charge is -2.27. The molecule has 6 heteroatoms. The van der Waals surface area contributed by atoms with Crippen LogP contribution in [0.25, 0.3) is 0 Å². The minimum absolute atomic E-state index is 0. The second kappa shape index (κ2) is 9.66. The third kappa shape index (κ3) is 5.81. The maximum absolute atomic E-state index is 14.0. The first-order chi connectivity index (χ1) is 11.0. The Hall–Kier alpha value is -1.57. The summed E-state index contributed by atoms with van der Waals surface area (Å²) in [6.45, 7) is 7.81. The Labute approximate surface area is 160 Å². The van der Waals surface area contributed by atoms with Gasteiger partial charge in [0.25, 0.3) is 0 Å². The van der Waals surface area contributed by atoms with E-state index in [0.717, 1.165) is 12.3 Å². The summed E-state index contributed by atoms with van der Waals surface area (Å²) in [6, 6.07) is 10.6. The minimum Gasteiger partial charge on any atom is -0.467 e. The number of nitrogens with zero attached hydrogens (tertiary/aromatic N) is 1. The van der Waals surface area contributed by atoms with Gasteiger partial charge in [0.1, 0.15) is 18.1 Å². The second-order valence-electron chi connectivity index (χ2n) is 5.99. The van der Waals surface area contributed by atoms with Gasteiger partial charge in [-0.1, -0.05) is 32.0 Å². The highest BCUT2D eigenvalue weighted by molar-refractivity contribution is 14.0. The van der Waals surface area contributed by atoms with E-state index >= 15 is 0 Å². The van der Waals surface area contributed by atoms with Crippen LogP contribution in [0, 0.1) is 5.82 Å². The fourth-order valence-electron chi connectivity index (χ4n) is 2.31. The molecule has 1 heterocycles. The lowest BCUT2D eigenvalue weighted by Crippen LogP contribution is -2.43. The van der Waals surface area contributed by atoms with Gasteiger partial charge >= 0.3 is 0 Å². The third-order valence-corrected chi connectivity index (χ3v) is 3.62. The maximum Gasteiger partial charge on any atom is 0.191 e. The number of nitrogens with one attached hydrogen (secondary N) is 2. The van der Waals surface area contributed by atoms with Crippen LogP contribution in [-0.2, 0) is 12.0 Å². The summed E-state index contributed by atoms with van der Waals surface area (Å²) in [5.74, 6) is 1.31. The van der Waals surface area contributed by atoms with Crippen molar-refractivity contribution in [2.45, 2.75) is 32.7 Å². The van der Waals surface area contributed by atoms with Gasteiger partial charge in [-0.2, -0.15) is 0 Å². The summed E-state index contributed by atoms with van der Waals surface area (Å²) in [4.78, 5) is 4.48. The predicted octanol–water partition coefficient (Wildman–Crippen LogP) is 4.07. The average molecular weight is 445 g/mol. The first-order valence-corrected chi connectivity index (χ1v) is 7.82. The smallest absolute Gasteiger partial charge is 0.191 e. The maximum atomic E-state index is 14.0. The molecule has 0 aliphatic heterocycles. The van der Waals surface area contributed by atoms with Crippen molar-refractivity contribution in [1.82, 2.24) is 10.6 Å². The van der Waals surface area contributed by atoms with Gasteiger partial charge in [0.05, 0.1) is 6.26 Å². The van der Waals surface area contributed by atoms with Crippen molar-refractivity contribution in [3.63, 3.8) is 0 Å². The largest absolute Gasteiger partial charge is 0.467 e. The predicted molar refractivity (Wildman–Crippen MR) is 106 cm³/mol. The van der Waals surface area contributed by atoms with E-state index in [1.54, 1.807) is 12.3 Å². The zero-order chi connectivity index (χ0) is 16.7. The van der Waals surface area contributed by atoms with Gasteiger partial charge in [-0.3, -0.25) is 0 Å². The van der Waals surface area contributed by atoms with Crippen LogP contribution in [0.15, 0.2) is 52.1 Å². The van der Waals surface area contributed by atoms with E-state index < -0.39 is 0 Å². The molecule has 0 spiro atoms. The Bertz CT molecular complexity index is 641. The molecule has 2 N–H and O–H groups in total. The van der Waals surface area contributed by atoms with E-state index in [1.807, 2.05) is 45.0 Å². The van der Waals surface area contributed by atoms with Crippen molar-refractivity contribution in [2.24, 2.45) is 4.99 Å². The van der Waals surface area contributed by atoms with E-state index in [9.17, 15) is 4.39 Å². The number of hydrogen-bond acceptors (Lipinski definition) is 2. The summed E-state index contributed by atoms with van der Waals surface area (Å²) >= 11 is 0. The van der Waals surface area contributed by atoms with Gasteiger partial charge < -0.3 is 15.1 Å². The van der Waals surface area contributed by atoms with Crippen LogP contribution in [0.3, 0.4) is 0 Å². The normalized spacial score (nSPS) is 11.8. The summed E-state index contributed by atoms with van der Waals surface area (Å²) in [6.07, 6.45) is 1.63. The molecule has 1 aromatic heterocycles. The van der Waals surface area contributed by atoms with Crippen molar-refractivity contribution in [3.05, 3.63) is 59.8 Å². The molecule has 24 heavy (non-hydrogen) atoms. The third-order valence-electron chi connectivity index (χ3n) is 3.62. The van der Waals surface area contributed by atoms with Crippen molar-refractivity contribution >= 4 is 29.9 Å². The van der Waals surface area contributed by atoms with Crippen molar-refractivity contribution in [2.75, 3.05) is 13.1 Å². The van der Waals surface area contributed by atoms with E-state index in [4.69, 9.17) is 4.42 Å². The van der Waals surface area contributed by atoms with E-state index in [0.29, 0.717) is 24.6 Å². The number of aliphatic imine (C=N–C) groups is 1. The highest BCUT2D eigenvalue weighted by Crippen LogP contribution is 2.24. The van der Waals surface area contributed by atoms with Crippen molar-refractivity contribution in [3.8, 4) is 0 Å². The number of guanidine groups is 1. The Kier molecular flexibility index (Phi) is 8.24. The first kappa shape index (κ1) is 20.5. The number of rotatable bonds is 6. The second-order valence-corrected chi connectivity index (χ2v) is 5.99. The SMILES string of the molecule is CCNC(=NCc1ccco1)NCC(C)(C)c1ccccc1F.I. The molecule has 2 rings (SSSR count). The molecule has 0 bridgehead atoms. The molecule has 132 valence electrons. The average Bonchev–Trinajstić information content (AvgIpc) is 3.04. The number of benzene rings is 1. The fraction of sp³-hybridized carbons (Fsp3) is 0.389. The quantitative estimate of drug-likeness (QED) is 0.401. The first-order valence-electron chi connectivity index (χ1n) is 7.82. The lowest BCUT2D eigenvalue weighted by atomic mass is 9.84. The molecule has 2 aromatic rings. The molecule has 0 aliphatic carbocycles. The molecule has 0 saturated heterocycles. The number of furan rings is 1. The van der Waals surface area contributed by atoms with Gasteiger partial charge in [0.2, 0.25) is 0 Å². The van der Waals surface area contributed by atoms with Gasteiger partial charge in [-0.15, -0.1) is 24.0 Å². The summed E-state index contributed by atoms with van der Waals surface area (Å²) in [5.41, 5.74) is 0.334. The molecule has 0 atom stereocenters. The van der Waals surface area contributed by atoms with Crippen LogP contribution in [0.5, 0.6) is 0 Å². The minimum atomic E-state index is -0.355. The number of hydrogen-bond donors (Lipinski definition) is 2. The Morgan fingerprint density at radius 3 is 2.54 bits per heavy atom. The van der Waals surface area contributed by atoms with Crippen molar-refractivity contribution < 1.29 is 8.81 Å². The topological polar surface area (TPSA) is 49.6 Å². The van der Waals surface area contributed by atoms with E-state index in [1.165, 1.54) is 6.07 Å². The molecule has 1 aromatic carbocycles. The van der Waals surface area contributed by atoms with Crippen LogP contribution < -0.4 is 10.6 Å². The van der Waals surface area contributed by atoms with Crippen LogP contribution in [0.1, 0.15) is 32.1 Å². The fourth-order valence-corrected chi connectivity index (χ4v) is 2.31. The summed E-state index contributed by atoms with van der Waals surface area (Å²) in [5, 5.41) is 6.47. The summed E-state index contributed by atoms with van der Waals surface area (Å²) in [7, 11) is 0. The van der Waals surface area contributed by atoms with Gasteiger partial charge in [0.15, 0.2) is 5.96 Å². The van der Waals surface area contributed by atoms with Crippen LogP contribution >= 0.6 is 24.0 Å². The monoisotopic (exact) mass is 445 g/mol. The molecule has 0 amide bonds. The zero-order valence-corrected chi connectivity index (χ0v) is 16.6. The highest BCUT2D eigenvalue weighted by atomic mass is 127. The molecular formula is C18H25FIN3O. The molecule has 0 saturated carbocycles.